The number of benzene rings is 1. The van der Waals surface area contributed by atoms with Gasteiger partial charge in [-0.05, 0) is 34.7 Å². The Labute approximate surface area is 106 Å². The van der Waals surface area contributed by atoms with Crippen LogP contribution < -0.4 is 11.5 Å². The van der Waals surface area contributed by atoms with Gasteiger partial charge in [-0.15, -0.1) is 0 Å². The van der Waals surface area contributed by atoms with Crippen LogP contribution in [0.1, 0.15) is 10.4 Å². The minimum atomic E-state index is -0.521. The maximum Gasteiger partial charge on any atom is 0.250 e. The molecular weight excluding hydrogens is 319 g/mol. The van der Waals surface area contributed by atoms with E-state index in [0.29, 0.717) is 16.9 Å². The molecule has 0 aliphatic rings. The molecule has 5 nitrogen and oxygen atoms in total. The van der Waals surface area contributed by atoms with E-state index in [-0.39, 0.29) is 0 Å². The van der Waals surface area contributed by atoms with Gasteiger partial charge in [0.1, 0.15) is 5.69 Å². The molecule has 1 heterocycles. The highest BCUT2D eigenvalue weighted by Gasteiger charge is 2.13. The number of hydrogen-bond acceptors (Lipinski definition) is 3. The van der Waals surface area contributed by atoms with Crippen LogP contribution in [-0.4, -0.2) is 15.7 Å². The summed E-state index contributed by atoms with van der Waals surface area (Å²) >= 11 is 2.13. The molecule has 0 aliphatic heterocycles. The Bertz CT molecular complexity index is 550. The first-order chi connectivity index (χ1) is 7.59. The smallest absolute Gasteiger partial charge is 0.250 e. The van der Waals surface area contributed by atoms with E-state index >= 15 is 0 Å². The quantitative estimate of drug-likeness (QED) is 0.641. The molecule has 1 amide bonds. The Morgan fingerprint density at radius 1 is 1.44 bits per heavy atom. The average Bonchev–Trinajstić information content (AvgIpc) is 2.64. The van der Waals surface area contributed by atoms with Crippen molar-refractivity contribution >= 4 is 34.2 Å². The Kier molecular flexibility index (Phi) is 2.82. The number of anilines is 1. The molecule has 0 bridgehead atoms. The maximum absolute atomic E-state index is 11.3. The van der Waals surface area contributed by atoms with Crippen LogP contribution in [-0.2, 0) is 0 Å². The van der Waals surface area contributed by atoms with Crippen molar-refractivity contribution in [2.45, 2.75) is 0 Å². The molecule has 82 valence electrons. The predicted octanol–water partition coefficient (Wildman–Crippen LogP) is 1.16. The van der Waals surface area contributed by atoms with Crippen molar-refractivity contribution in [1.82, 2.24) is 9.78 Å². The summed E-state index contributed by atoms with van der Waals surface area (Å²) in [6.45, 7) is 0. The fourth-order valence-electron chi connectivity index (χ4n) is 1.44. The van der Waals surface area contributed by atoms with Crippen LogP contribution in [0.3, 0.4) is 0 Å². The lowest BCUT2D eigenvalue weighted by atomic mass is 10.1. The van der Waals surface area contributed by atoms with E-state index in [0.717, 1.165) is 3.57 Å². The number of nitrogens with zero attached hydrogens (tertiary/aromatic N) is 2. The third-order valence-corrected chi connectivity index (χ3v) is 2.67. The third kappa shape index (κ3) is 1.87. The number of nitrogens with two attached hydrogens (primary N) is 2. The number of carbonyl (C=O) groups is 1. The van der Waals surface area contributed by atoms with E-state index < -0.39 is 5.91 Å². The van der Waals surface area contributed by atoms with Crippen molar-refractivity contribution < 1.29 is 4.79 Å². The van der Waals surface area contributed by atoms with E-state index in [9.17, 15) is 4.79 Å². The molecule has 6 heteroatoms. The summed E-state index contributed by atoms with van der Waals surface area (Å²) < 4.78 is 2.51. The summed E-state index contributed by atoms with van der Waals surface area (Å²) in [6.07, 6.45) is 3.45. The Balaban J connectivity index is 2.67. The minimum absolute atomic E-state index is 0.361. The molecule has 0 saturated carbocycles. The van der Waals surface area contributed by atoms with Gasteiger partial charge >= 0.3 is 0 Å². The zero-order chi connectivity index (χ0) is 11.7. The third-order valence-electron chi connectivity index (χ3n) is 2.11. The van der Waals surface area contributed by atoms with Gasteiger partial charge in [0.2, 0.25) is 0 Å². The summed E-state index contributed by atoms with van der Waals surface area (Å²) in [5.74, 6) is -0.521. The molecule has 0 unspecified atom stereocenters. The van der Waals surface area contributed by atoms with E-state index in [2.05, 4.69) is 27.7 Å². The molecule has 0 saturated heterocycles. The second-order valence-electron chi connectivity index (χ2n) is 3.21. The molecule has 0 spiro atoms. The lowest BCUT2D eigenvalue weighted by Gasteiger charge is -2.09. The number of carbonyl (C=O) groups excluding carboxylic acids is 1. The van der Waals surface area contributed by atoms with Crippen LogP contribution >= 0.6 is 22.6 Å². The molecule has 0 radical (unpaired) electrons. The lowest BCUT2D eigenvalue weighted by molar-refractivity contribution is 0.1000. The first-order valence-corrected chi connectivity index (χ1v) is 5.56. The van der Waals surface area contributed by atoms with Crippen molar-refractivity contribution in [3.63, 3.8) is 0 Å². The molecule has 4 N–H and O–H groups in total. The van der Waals surface area contributed by atoms with Crippen molar-refractivity contribution in [3.8, 4) is 5.69 Å². The minimum Gasteiger partial charge on any atom is -0.397 e. The first-order valence-electron chi connectivity index (χ1n) is 4.48. The maximum atomic E-state index is 11.3. The topological polar surface area (TPSA) is 86.9 Å². The summed E-state index contributed by atoms with van der Waals surface area (Å²) in [6, 6.07) is 5.02. The summed E-state index contributed by atoms with van der Waals surface area (Å²) in [4.78, 5) is 11.3. The number of primary amides is 1. The normalized spacial score (nSPS) is 10.3. The van der Waals surface area contributed by atoms with Crippen LogP contribution in [0.4, 0.5) is 5.69 Å². The second-order valence-corrected chi connectivity index (χ2v) is 4.46. The van der Waals surface area contributed by atoms with E-state index in [4.69, 9.17) is 11.5 Å². The standard InChI is InChI=1S/C10H9IN4O/c11-6-4-14-15(5-6)9-7(10(13)16)2-1-3-8(9)12/h1-5H,12H2,(H2,13,16). The number of rotatable bonds is 2. The average molecular weight is 328 g/mol. The van der Waals surface area contributed by atoms with Gasteiger partial charge in [-0.2, -0.15) is 5.10 Å². The molecular formula is C10H9IN4O. The number of hydrogen-bond donors (Lipinski definition) is 2. The van der Waals surface area contributed by atoms with Gasteiger partial charge in [-0.25, -0.2) is 4.68 Å². The van der Waals surface area contributed by atoms with Gasteiger partial charge in [0.05, 0.1) is 21.0 Å². The van der Waals surface area contributed by atoms with Gasteiger partial charge in [-0.3, -0.25) is 4.79 Å². The SMILES string of the molecule is NC(=O)c1cccc(N)c1-n1cc(I)cn1. The van der Waals surface area contributed by atoms with Crippen molar-refractivity contribution in [2.24, 2.45) is 5.73 Å². The molecule has 2 aromatic rings. The first kappa shape index (κ1) is 10.9. The number of amides is 1. The molecule has 0 aliphatic carbocycles. The highest BCUT2D eigenvalue weighted by Crippen LogP contribution is 2.21. The molecule has 1 aromatic heterocycles. The fraction of sp³-hybridized carbons (Fsp3) is 0. The van der Waals surface area contributed by atoms with Crippen molar-refractivity contribution in [2.75, 3.05) is 5.73 Å². The van der Waals surface area contributed by atoms with Crippen LogP contribution in [0.15, 0.2) is 30.6 Å². The molecule has 0 atom stereocenters. The molecule has 2 rings (SSSR count). The summed E-state index contributed by atoms with van der Waals surface area (Å²) in [5, 5.41) is 4.11. The number of nitrogen functional groups attached to an aromatic ring is 1. The van der Waals surface area contributed by atoms with Gasteiger partial charge < -0.3 is 11.5 Å². The van der Waals surface area contributed by atoms with Crippen LogP contribution in [0.2, 0.25) is 0 Å². The van der Waals surface area contributed by atoms with E-state index in [1.54, 1.807) is 35.3 Å². The Morgan fingerprint density at radius 3 is 2.75 bits per heavy atom. The molecule has 1 aromatic carbocycles. The monoisotopic (exact) mass is 328 g/mol. The number of halogens is 1. The highest BCUT2D eigenvalue weighted by atomic mass is 127. The number of para-hydroxylation sites is 1. The second kappa shape index (κ2) is 4.12. The van der Waals surface area contributed by atoms with E-state index in [1.807, 2.05) is 0 Å². The van der Waals surface area contributed by atoms with Gasteiger partial charge in [0, 0.05) is 6.20 Å². The fourth-order valence-corrected chi connectivity index (χ4v) is 1.83. The molecule has 0 fully saturated rings. The zero-order valence-corrected chi connectivity index (χ0v) is 10.4. The van der Waals surface area contributed by atoms with E-state index in [1.165, 1.54) is 0 Å². The van der Waals surface area contributed by atoms with Crippen LogP contribution in [0.5, 0.6) is 0 Å². The lowest BCUT2D eigenvalue weighted by Crippen LogP contribution is -2.16. The van der Waals surface area contributed by atoms with Crippen LogP contribution in [0, 0.1) is 3.57 Å². The Morgan fingerprint density at radius 2 is 2.19 bits per heavy atom. The van der Waals surface area contributed by atoms with Crippen molar-refractivity contribution in [1.29, 1.82) is 0 Å². The number of aromatic nitrogens is 2. The predicted molar refractivity (Wildman–Crippen MR) is 69.2 cm³/mol. The van der Waals surface area contributed by atoms with Gasteiger partial charge in [-0.1, -0.05) is 6.07 Å². The largest absolute Gasteiger partial charge is 0.397 e. The van der Waals surface area contributed by atoms with Gasteiger partial charge in [0.25, 0.3) is 5.91 Å². The van der Waals surface area contributed by atoms with Gasteiger partial charge in [0.15, 0.2) is 0 Å². The summed E-state index contributed by atoms with van der Waals surface area (Å²) in [7, 11) is 0. The van der Waals surface area contributed by atoms with Crippen molar-refractivity contribution in [3.05, 3.63) is 39.7 Å². The van der Waals surface area contributed by atoms with Crippen LogP contribution in [0.25, 0.3) is 5.69 Å². The summed E-state index contributed by atoms with van der Waals surface area (Å²) in [5.41, 5.74) is 12.5. The Hall–Kier alpha value is -1.57. The zero-order valence-electron chi connectivity index (χ0n) is 8.22. The highest BCUT2D eigenvalue weighted by molar-refractivity contribution is 14.1. The molecule has 16 heavy (non-hydrogen) atoms.